The highest BCUT2D eigenvalue weighted by Crippen LogP contribution is 2.34. The summed E-state index contributed by atoms with van der Waals surface area (Å²) in [6.07, 6.45) is 4.74. The van der Waals surface area contributed by atoms with Crippen LogP contribution in [-0.2, 0) is 12.8 Å². The zero-order valence-corrected chi connectivity index (χ0v) is 14.7. The molecule has 2 nitrogen and oxygen atoms in total. The van der Waals surface area contributed by atoms with Crippen LogP contribution in [0.2, 0.25) is 0 Å². The van der Waals surface area contributed by atoms with Gasteiger partial charge in [0.25, 0.3) is 0 Å². The molecule has 0 bridgehead atoms. The Labute approximate surface area is 153 Å². The fraction of sp³-hybridized carbons (Fsp3) is 0.167. The third-order valence-electron chi connectivity index (χ3n) is 5.24. The Morgan fingerprint density at radius 2 is 1.42 bits per heavy atom. The smallest absolute Gasteiger partial charge is 0.136 e. The summed E-state index contributed by atoms with van der Waals surface area (Å²) in [5.74, 6) is 1.19. The number of nitrogens with one attached hydrogen (secondary N) is 1. The van der Waals surface area contributed by atoms with Crippen molar-refractivity contribution in [2.45, 2.75) is 25.7 Å². The second kappa shape index (κ2) is 6.38. The first-order chi connectivity index (χ1) is 12.9. The number of fused-ring (bicyclic) bond motifs is 3. The van der Waals surface area contributed by atoms with Gasteiger partial charge < -0.3 is 9.73 Å². The van der Waals surface area contributed by atoms with Crippen molar-refractivity contribution in [3.8, 4) is 11.1 Å². The van der Waals surface area contributed by atoms with Gasteiger partial charge in [-0.05, 0) is 54.7 Å². The van der Waals surface area contributed by atoms with E-state index in [1.807, 2.05) is 6.07 Å². The van der Waals surface area contributed by atoms with Crippen LogP contribution in [0.15, 0.2) is 77.2 Å². The number of hydrogen-bond acceptors (Lipinski definition) is 2. The summed E-state index contributed by atoms with van der Waals surface area (Å²) < 4.78 is 6.11. The highest BCUT2D eigenvalue weighted by molar-refractivity contribution is 5.86. The van der Waals surface area contributed by atoms with Gasteiger partial charge in [0.15, 0.2) is 0 Å². The van der Waals surface area contributed by atoms with Gasteiger partial charge in [0.1, 0.15) is 11.3 Å². The van der Waals surface area contributed by atoms with Crippen molar-refractivity contribution in [2.24, 2.45) is 0 Å². The number of aryl methyl sites for hydroxylation is 2. The molecule has 3 aromatic carbocycles. The van der Waals surface area contributed by atoms with Gasteiger partial charge in [0, 0.05) is 34.8 Å². The molecule has 0 saturated heterocycles. The SMILES string of the molecule is c1ccc(-c2ccc(Nc3ccc4c5c(oc4c3)CCCC5)cc2)cc1. The van der Waals surface area contributed by atoms with Crippen LogP contribution in [0.5, 0.6) is 0 Å². The quantitative estimate of drug-likeness (QED) is 0.448. The van der Waals surface area contributed by atoms with Crippen LogP contribution in [0, 0.1) is 0 Å². The molecular weight excluding hydrogens is 318 g/mol. The number of anilines is 2. The van der Waals surface area contributed by atoms with Crippen LogP contribution in [0.4, 0.5) is 11.4 Å². The fourth-order valence-electron chi connectivity index (χ4n) is 3.88. The van der Waals surface area contributed by atoms with Gasteiger partial charge >= 0.3 is 0 Å². The topological polar surface area (TPSA) is 25.2 Å². The minimum absolute atomic E-state index is 1.00. The van der Waals surface area contributed by atoms with Crippen molar-refractivity contribution >= 4 is 22.3 Å². The Morgan fingerprint density at radius 3 is 2.27 bits per heavy atom. The van der Waals surface area contributed by atoms with Crippen molar-refractivity contribution in [3.05, 3.63) is 84.1 Å². The highest BCUT2D eigenvalue weighted by Gasteiger charge is 2.17. The van der Waals surface area contributed by atoms with E-state index in [2.05, 4.69) is 72.0 Å². The molecule has 1 aliphatic rings. The Morgan fingerprint density at radius 1 is 0.692 bits per heavy atom. The lowest BCUT2D eigenvalue weighted by atomic mass is 9.96. The summed E-state index contributed by atoms with van der Waals surface area (Å²) in [7, 11) is 0. The number of rotatable bonds is 3. The maximum atomic E-state index is 6.11. The van der Waals surface area contributed by atoms with Crippen LogP contribution >= 0.6 is 0 Å². The summed E-state index contributed by atoms with van der Waals surface area (Å²) in [5.41, 5.74) is 7.04. The normalized spacial score (nSPS) is 13.5. The molecule has 2 heteroatoms. The number of hydrogen-bond donors (Lipinski definition) is 1. The first-order valence-corrected chi connectivity index (χ1v) is 9.34. The average molecular weight is 339 g/mol. The molecule has 0 saturated carbocycles. The maximum absolute atomic E-state index is 6.11. The van der Waals surface area contributed by atoms with Crippen LogP contribution in [-0.4, -0.2) is 0 Å². The van der Waals surface area contributed by atoms with Crippen molar-refractivity contribution in [1.29, 1.82) is 0 Å². The second-order valence-electron chi connectivity index (χ2n) is 6.99. The molecule has 0 spiro atoms. The van der Waals surface area contributed by atoms with Gasteiger partial charge in [-0.2, -0.15) is 0 Å². The van der Waals surface area contributed by atoms with Gasteiger partial charge in [0.2, 0.25) is 0 Å². The lowest BCUT2D eigenvalue weighted by Gasteiger charge is -2.09. The minimum Gasteiger partial charge on any atom is -0.461 e. The van der Waals surface area contributed by atoms with E-state index in [0.717, 1.165) is 29.8 Å². The molecule has 1 aromatic heterocycles. The second-order valence-corrected chi connectivity index (χ2v) is 6.99. The molecule has 0 fully saturated rings. The summed E-state index contributed by atoms with van der Waals surface area (Å²) >= 11 is 0. The Balaban J connectivity index is 1.40. The third kappa shape index (κ3) is 2.78. The lowest BCUT2D eigenvalue weighted by Crippen LogP contribution is -1.98. The zero-order valence-electron chi connectivity index (χ0n) is 14.7. The standard InChI is InChI=1S/C24H21NO/c1-2-6-17(7-3-1)18-10-12-19(13-11-18)25-20-14-15-22-21-8-4-5-9-23(21)26-24(22)16-20/h1-3,6-7,10-16,25H,4-5,8-9H2. The summed E-state index contributed by atoms with van der Waals surface area (Å²) in [6, 6.07) is 25.5. The molecule has 4 aromatic rings. The van der Waals surface area contributed by atoms with Crippen molar-refractivity contribution in [1.82, 2.24) is 0 Å². The van der Waals surface area contributed by atoms with E-state index in [4.69, 9.17) is 4.42 Å². The van der Waals surface area contributed by atoms with Crippen LogP contribution in [0.1, 0.15) is 24.2 Å². The molecule has 128 valence electrons. The molecule has 1 heterocycles. The van der Waals surface area contributed by atoms with Gasteiger partial charge in [-0.15, -0.1) is 0 Å². The Bertz CT molecular complexity index is 1040. The van der Waals surface area contributed by atoms with E-state index in [0.29, 0.717) is 0 Å². The average Bonchev–Trinajstić information content (AvgIpc) is 3.07. The van der Waals surface area contributed by atoms with Gasteiger partial charge in [0.05, 0.1) is 0 Å². The molecular formula is C24H21NO. The summed E-state index contributed by atoms with van der Waals surface area (Å²) in [5, 5.41) is 4.78. The highest BCUT2D eigenvalue weighted by atomic mass is 16.3. The lowest BCUT2D eigenvalue weighted by molar-refractivity contribution is 0.506. The zero-order chi connectivity index (χ0) is 17.3. The van der Waals surface area contributed by atoms with E-state index >= 15 is 0 Å². The molecule has 0 unspecified atom stereocenters. The van der Waals surface area contributed by atoms with Crippen LogP contribution in [0.25, 0.3) is 22.1 Å². The summed E-state index contributed by atoms with van der Waals surface area (Å²) in [6.45, 7) is 0. The molecule has 5 rings (SSSR count). The van der Waals surface area contributed by atoms with E-state index < -0.39 is 0 Å². The van der Waals surface area contributed by atoms with Crippen LogP contribution in [0.3, 0.4) is 0 Å². The molecule has 0 atom stereocenters. The maximum Gasteiger partial charge on any atom is 0.136 e. The summed E-state index contributed by atoms with van der Waals surface area (Å²) in [4.78, 5) is 0. The predicted octanol–water partition coefficient (Wildman–Crippen LogP) is 6.72. The largest absolute Gasteiger partial charge is 0.461 e. The fourth-order valence-corrected chi connectivity index (χ4v) is 3.88. The van der Waals surface area contributed by atoms with Crippen molar-refractivity contribution in [2.75, 3.05) is 5.32 Å². The molecule has 1 N–H and O–H groups in total. The Hall–Kier alpha value is -3.00. The van der Waals surface area contributed by atoms with Crippen molar-refractivity contribution in [3.63, 3.8) is 0 Å². The number of benzene rings is 3. The molecule has 1 aliphatic carbocycles. The molecule has 0 radical (unpaired) electrons. The first-order valence-electron chi connectivity index (χ1n) is 9.34. The van der Waals surface area contributed by atoms with Crippen molar-refractivity contribution < 1.29 is 4.42 Å². The van der Waals surface area contributed by atoms with E-state index in [-0.39, 0.29) is 0 Å². The number of furan rings is 1. The monoisotopic (exact) mass is 339 g/mol. The molecule has 0 aliphatic heterocycles. The third-order valence-corrected chi connectivity index (χ3v) is 5.24. The predicted molar refractivity (Wildman–Crippen MR) is 108 cm³/mol. The van der Waals surface area contributed by atoms with Crippen LogP contribution < -0.4 is 5.32 Å². The van der Waals surface area contributed by atoms with E-state index in [1.165, 1.54) is 40.7 Å². The van der Waals surface area contributed by atoms with E-state index in [1.54, 1.807) is 0 Å². The molecule has 0 amide bonds. The minimum atomic E-state index is 1.00. The van der Waals surface area contributed by atoms with E-state index in [9.17, 15) is 0 Å². The first kappa shape index (κ1) is 15.3. The van der Waals surface area contributed by atoms with Gasteiger partial charge in [-0.1, -0.05) is 42.5 Å². The Kier molecular flexibility index (Phi) is 3.75. The molecule has 26 heavy (non-hydrogen) atoms. The van der Waals surface area contributed by atoms with Gasteiger partial charge in [-0.25, -0.2) is 0 Å². The van der Waals surface area contributed by atoms with Gasteiger partial charge in [-0.3, -0.25) is 0 Å².